The number of nitrogens with zero attached hydrogens (tertiary/aromatic N) is 3. The second-order valence-corrected chi connectivity index (χ2v) is 6.83. The van der Waals surface area contributed by atoms with E-state index in [1.165, 1.54) is 12.4 Å². The highest BCUT2D eigenvalue weighted by atomic mass is 32.1. The zero-order chi connectivity index (χ0) is 16.3. The second-order valence-electron chi connectivity index (χ2n) is 5.82. The van der Waals surface area contributed by atoms with Crippen LogP contribution in [-0.4, -0.2) is 48.2 Å². The van der Waals surface area contributed by atoms with E-state index < -0.39 is 4.92 Å². The van der Waals surface area contributed by atoms with E-state index in [4.69, 9.17) is 4.74 Å². The Labute approximate surface area is 137 Å². The van der Waals surface area contributed by atoms with Gasteiger partial charge in [-0.25, -0.2) is 9.97 Å². The van der Waals surface area contributed by atoms with Crippen molar-refractivity contribution < 1.29 is 9.66 Å². The molecule has 2 aromatic heterocycles. The number of hydrogen-bond acceptors (Lipinski definition) is 8. The summed E-state index contributed by atoms with van der Waals surface area (Å²) >= 11 is 1.07. The lowest BCUT2D eigenvalue weighted by Gasteiger charge is -2.37. The van der Waals surface area contributed by atoms with E-state index in [-0.39, 0.29) is 10.4 Å². The third-order valence-electron chi connectivity index (χ3n) is 4.24. The molecule has 0 unspecified atom stereocenters. The molecule has 0 aromatic carbocycles. The summed E-state index contributed by atoms with van der Waals surface area (Å²) in [6, 6.07) is 1.54. The van der Waals surface area contributed by atoms with Crippen molar-refractivity contribution in [3.05, 3.63) is 22.5 Å². The number of ether oxygens (including phenoxy) is 1. The first kappa shape index (κ1) is 16.0. The van der Waals surface area contributed by atoms with E-state index in [0.29, 0.717) is 22.6 Å². The molecule has 2 aromatic rings. The van der Waals surface area contributed by atoms with Crippen LogP contribution in [-0.2, 0) is 4.74 Å². The molecule has 0 atom stereocenters. The Kier molecular flexibility index (Phi) is 4.69. The second kappa shape index (κ2) is 6.73. The highest BCUT2D eigenvalue weighted by molar-refractivity contribution is 7.21. The van der Waals surface area contributed by atoms with E-state index >= 15 is 0 Å². The molecule has 0 saturated carbocycles. The molecular formula is C14H19N5O3S. The van der Waals surface area contributed by atoms with Gasteiger partial charge in [-0.2, -0.15) is 0 Å². The number of fused-ring (bicyclic) bond motifs is 1. The molecule has 124 valence electrons. The van der Waals surface area contributed by atoms with Gasteiger partial charge in [0.2, 0.25) is 0 Å². The van der Waals surface area contributed by atoms with Crippen molar-refractivity contribution >= 4 is 32.4 Å². The van der Waals surface area contributed by atoms with Gasteiger partial charge in [0.15, 0.2) is 0 Å². The Morgan fingerprint density at radius 2 is 2.26 bits per heavy atom. The molecule has 3 rings (SSSR count). The third-order valence-corrected chi connectivity index (χ3v) is 5.24. The van der Waals surface area contributed by atoms with Crippen LogP contribution in [0.3, 0.4) is 0 Å². The van der Waals surface area contributed by atoms with Crippen LogP contribution < -0.4 is 10.6 Å². The monoisotopic (exact) mass is 337 g/mol. The predicted octanol–water partition coefficient (Wildman–Crippen LogP) is 2.03. The Bertz CT molecular complexity index is 693. The Hall–Kier alpha value is -1.84. The molecular weight excluding hydrogens is 318 g/mol. The summed E-state index contributed by atoms with van der Waals surface area (Å²) in [4.78, 5) is 19.6. The summed E-state index contributed by atoms with van der Waals surface area (Å²) in [6.07, 6.45) is 3.48. The summed E-state index contributed by atoms with van der Waals surface area (Å²) in [7, 11) is 1.72. The van der Waals surface area contributed by atoms with Gasteiger partial charge in [0, 0.05) is 25.1 Å². The maximum Gasteiger partial charge on any atom is 0.326 e. The molecule has 9 heteroatoms. The standard InChI is InChI=1S/C14H19N5O3S/c1-22-8-14(2-4-15-5-3-14)7-16-12-10-6-11(19(20)21)23-13(10)18-9-17-12/h6,9,15H,2-5,7-8H2,1H3,(H,16,17,18). The Balaban J connectivity index is 1.81. The van der Waals surface area contributed by atoms with Crippen LogP contribution in [0, 0.1) is 15.5 Å². The zero-order valence-electron chi connectivity index (χ0n) is 12.9. The van der Waals surface area contributed by atoms with E-state index in [2.05, 4.69) is 20.6 Å². The summed E-state index contributed by atoms with van der Waals surface area (Å²) < 4.78 is 5.41. The summed E-state index contributed by atoms with van der Waals surface area (Å²) in [5.74, 6) is 0.647. The van der Waals surface area contributed by atoms with Crippen molar-refractivity contribution in [3.8, 4) is 0 Å². The van der Waals surface area contributed by atoms with Crippen LogP contribution in [0.15, 0.2) is 12.4 Å². The third kappa shape index (κ3) is 3.41. The van der Waals surface area contributed by atoms with Gasteiger partial charge in [-0.05, 0) is 37.3 Å². The minimum atomic E-state index is -0.394. The van der Waals surface area contributed by atoms with Crippen LogP contribution in [0.25, 0.3) is 10.2 Å². The van der Waals surface area contributed by atoms with Gasteiger partial charge in [-0.15, -0.1) is 0 Å². The average molecular weight is 337 g/mol. The fourth-order valence-corrected chi connectivity index (χ4v) is 3.80. The van der Waals surface area contributed by atoms with Crippen molar-refractivity contribution in [1.29, 1.82) is 0 Å². The first-order valence-corrected chi connectivity index (χ1v) is 8.28. The average Bonchev–Trinajstić information content (AvgIpc) is 2.99. The SMILES string of the molecule is COCC1(CNc2ncnc3sc([N+](=O)[O-])cc23)CCNCC1. The minimum absolute atomic E-state index is 0.0548. The topological polar surface area (TPSA) is 102 Å². The number of rotatable bonds is 6. The first-order chi connectivity index (χ1) is 11.1. The highest BCUT2D eigenvalue weighted by Crippen LogP contribution is 2.34. The number of methoxy groups -OCH3 is 1. The molecule has 2 N–H and O–H groups in total. The van der Waals surface area contributed by atoms with E-state index in [1.54, 1.807) is 7.11 Å². The van der Waals surface area contributed by atoms with Crippen molar-refractivity contribution in [3.63, 3.8) is 0 Å². The van der Waals surface area contributed by atoms with Crippen molar-refractivity contribution in [2.24, 2.45) is 5.41 Å². The summed E-state index contributed by atoms with van der Waals surface area (Å²) in [5, 5.41) is 18.4. The highest BCUT2D eigenvalue weighted by Gasteiger charge is 2.32. The lowest BCUT2D eigenvalue weighted by molar-refractivity contribution is -0.380. The quantitative estimate of drug-likeness (QED) is 0.614. The van der Waals surface area contributed by atoms with Gasteiger partial charge < -0.3 is 15.4 Å². The van der Waals surface area contributed by atoms with E-state index in [0.717, 1.165) is 43.8 Å². The number of piperidine rings is 1. The lowest BCUT2D eigenvalue weighted by Crippen LogP contribution is -2.44. The maximum absolute atomic E-state index is 10.9. The number of aromatic nitrogens is 2. The Morgan fingerprint density at radius 1 is 1.48 bits per heavy atom. The number of hydrogen-bond donors (Lipinski definition) is 2. The fourth-order valence-electron chi connectivity index (χ4n) is 2.98. The molecule has 3 heterocycles. The smallest absolute Gasteiger partial charge is 0.326 e. The number of thiophene rings is 1. The van der Waals surface area contributed by atoms with Crippen LogP contribution >= 0.6 is 11.3 Å². The van der Waals surface area contributed by atoms with Gasteiger partial charge >= 0.3 is 5.00 Å². The molecule has 0 bridgehead atoms. The molecule has 0 aliphatic carbocycles. The minimum Gasteiger partial charge on any atom is -0.384 e. The fraction of sp³-hybridized carbons (Fsp3) is 0.571. The van der Waals surface area contributed by atoms with E-state index in [1.807, 2.05) is 0 Å². The molecule has 1 aliphatic rings. The molecule has 23 heavy (non-hydrogen) atoms. The largest absolute Gasteiger partial charge is 0.384 e. The van der Waals surface area contributed by atoms with Crippen molar-refractivity contribution in [2.75, 3.05) is 38.7 Å². The molecule has 0 radical (unpaired) electrons. The molecule has 1 fully saturated rings. The van der Waals surface area contributed by atoms with Crippen LogP contribution in [0.4, 0.5) is 10.8 Å². The number of anilines is 1. The maximum atomic E-state index is 10.9. The van der Waals surface area contributed by atoms with E-state index in [9.17, 15) is 10.1 Å². The zero-order valence-corrected chi connectivity index (χ0v) is 13.7. The van der Waals surface area contributed by atoms with Gasteiger partial charge in [-0.3, -0.25) is 10.1 Å². The molecule has 1 aliphatic heterocycles. The predicted molar refractivity (Wildman–Crippen MR) is 89.0 cm³/mol. The van der Waals surface area contributed by atoms with Crippen LogP contribution in [0.2, 0.25) is 0 Å². The first-order valence-electron chi connectivity index (χ1n) is 7.46. The molecule has 0 amide bonds. The van der Waals surface area contributed by atoms with Gasteiger partial charge in [-0.1, -0.05) is 0 Å². The lowest BCUT2D eigenvalue weighted by atomic mass is 9.79. The molecule has 8 nitrogen and oxygen atoms in total. The Morgan fingerprint density at radius 3 is 2.96 bits per heavy atom. The van der Waals surface area contributed by atoms with Gasteiger partial charge in [0.05, 0.1) is 16.9 Å². The number of nitro groups is 1. The van der Waals surface area contributed by atoms with Crippen molar-refractivity contribution in [2.45, 2.75) is 12.8 Å². The normalized spacial score (nSPS) is 17.3. The summed E-state index contributed by atoms with van der Waals surface area (Å²) in [6.45, 7) is 3.33. The van der Waals surface area contributed by atoms with Crippen LogP contribution in [0.1, 0.15) is 12.8 Å². The summed E-state index contributed by atoms with van der Waals surface area (Å²) in [5.41, 5.74) is 0.0548. The number of nitrogens with one attached hydrogen (secondary N) is 2. The molecule has 1 saturated heterocycles. The van der Waals surface area contributed by atoms with Gasteiger partial charge in [0.1, 0.15) is 17.0 Å². The molecule has 0 spiro atoms. The van der Waals surface area contributed by atoms with Gasteiger partial charge in [0.25, 0.3) is 0 Å². The van der Waals surface area contributed by atoms with Crippen LogP contribution in [0.5, 0.6) is 0 Å². The van der Waals surface area contributed by atoms with Crippen molar-refractivity contribution in [1.82, 2.24) is 15.3 Å².